The largest absolute Gasteiger partial charge is 0.330 e. The van der Waals surface area contributed by atoms with Gasteiger partial charge in [-0.2, -0.15) is 0 Å². The SMILES string of the molecule is NCC1(C2CCCC2)CS(=O)(=O)C1. The first-order valence-electron chi connectivity index (χ1n) is 4.98. The van der Waals surface area contributed by atoms with Crippen molar-refractivity contribution < 1.29 is 8.42 Å². The molecule has 1 aliphatic carbocycles. The molecular formula is C9H17NO2S. The van der Waals surface area contributed by atoms with E-state index in [9.17, 15) is 8.42 Å². The Balaban J connectivity index is 2.10. The van der Waals surface area contributed by atoms with Gasteiger partial charge in [0.25, 0.3) is 0 Å². The molecule has 2 fully saturated rings. The number of hydrogen-bond acceptors (Lipinski definition) is 3. The van der Waals surface area contributed by atoms with Gasteiger partial charge in [0, 0.05) is 12.0 Å². The van der Waals surface area contributed by atoms with Crippen molar-refractivity contribution in [3.63, 3.8) is 0 Å². The first kappa shape index (κ1) is 9.46. The summed E-state index contributed by atoms with van der Waals surface area (Å²) in [5.74, 6) is 1.28. The zero-order valence-electron chi connectivity index (χ0n) is 7.83. The Hall–Kier alpha value is -0.0900. The van der Waals surface area contributed by atoms with Crippen molar-refractivity contribution in [3.8, 4) is 0 Å². The highest BCUT2D eigenvalue weighted by Gasteiger charge is 2.52. The second-order valence-electron chi connectivity index (χ2n) is 4.58. The van der Waals surface area contributed by atoms with Crippen molar-refractivity contribution in [3.05, 3.63) is 0 Å². The highest BCUT2D eigenvalue weighted by Crippen LogP contribution is 2.46. The second kappa shape index (κ2) is 2.95. The van der Waals surface area contributed by atoms with Crippen LogP contribution in [-0.2, 0) is 9.84 Å². The highest BCUT2D eigenvalue weighted by atomic mass is 32.2. The maximum absolute atomic E-state index is 11.2. The van der Waals surface area contributed by atoms with Crippen LogP contribution < -0.4 is 5.73 Å². The smallest absolute Gasteiger partial charge is 0.151 e. The minimum atomic E-state index is -2.72. The fourth-order valence-electron chi connectivity index (χ4n) is 2.89. The molecule has 13 heavy (non-hydrogen) atoms. The normalized spacial score (nSPS) is 31.5. The lowest BCUT2D eigenvalue weighted by molar-refractivity contribution is 0.210. The Morgan fingerprint density at radius 2 is 1.77 bits per heavy atom. The van der Waals surface area contributed by atoms with Gasteiger partial charge in [-0.1, -0.05) is 12.8 Å². The Morgan fingerprint density at radius 1 is 1.23 bits per heavy atom. The Bertz CT molecular complexity index is 279. The Kier molecular flexibility index (Phi) is 2.15. The zero-order chi connectivity index (χ0) is 9.53. The quantitative estimate of drug-likeness (QED) is 0.713. The van der Waals surface area contributed by atoms with E-state index in [4.69, 9.17) is 5.73 Å². The molecule has 2 aliphatic rings. The summed E-state index contributed by atoms with van der Waals surface area (Å²) >= 11 is 0. The molecule has 1 heterocycles. The van der Waals surface area contributed by atoms with Crippen LogP contribution in [0.2, 0.25) is 0 Å². The van der Waals surface area contributed by atoms with Gasteiger partial charge in [-0.25, -0.2) is 8.42 Å². The molecule has 0 amide bonds. The maximum atomic E-state index is 11.2. The van der Waals surface area contributed by atoms with E-state index in [0.29, 0.717) is 24.0 Å². The molecule has 76 valence electrons. The maximum Gasteiger partial charge on any atom is 0.151 e. The van der Waals surface area contributed by atoms with Crippen LogP contribution in [-0.4, -0.2) is 26.5 Å². The zero-order valence-corrected chi connectivity index (χ0v) is 8.65. The summed E-state index contributed by atoms with van der Waals surface area (Å²) < 4.78 is 22.3. The number of rotatable bonds is 2. The minimum absolute atomic E-state index is 0.0324. The molecule has 1 aliphatic heterocycles. The molecule has 2 rings (SSSR count). The van der Waals surface area contributed by atoms with Gasteiger partial charge in [0.15, 0.2) is 9.84 Å². The van der Waals surface area contributed by atoms with E-state index in [0.717, 1.165) is 0 Å². The van der Waals surface area contributed by atoms with Crippen LogP contribution in [0.25, 0.3) is 0 Å². The van der Waals surface area contributed by atoms with E-state index in [-0.39, 0.29) is 5.41 Å². The van der Waals surface area contributed by atoms with Crippen molar-refractivity contribution in [2.24, 2.45) is 17.1 Å². The third-order valence-corrected chi connectivity index (χ3v) is 5.67. The molecule has 0 aromatic heterocycles. The molecule has 4 heteroatoms. The van der Waals surface area contributed by atoms with E-state index in [1.165, 1.54) is 25.7 Å². The predicted molar refractivity (Wildman–Crippen MR) is 52.1 cm³/mol. The van der Waals surface area contributed by atoms with Crippen LogP contribution in [0.5, 0.6) is 0 Å². The summed E-state index contributed by atoms with van der Waals surface area (Å²) in [4.78, 5) is 0. The van der Waals surface area contributed by atoms with E-state index in [2.05, 4.69) is 0 Å². The summed E-state index contributed by atoms with van der Waals surface area (Å²) in [5.41, 5.74) is 5.67. The van der Waals surface area contributed by atoms with Gasteiger partial charge in [-0.15, -0.1) is 0 Å². The molecule has 0 bridgehead atoms. The van der Waals surface area contributed by atoms with Crippen LogP contribution >= 0.6 is 0 Å². The molecule has 3 nitrogen and oxygen atoms in total. The monoisotopic (exact) mass is 203 g/mol. The molecule has 1 saturated carbocycles. The molecule has 0 unspecified atom stereocenters. The van der Waals surface area contributed by atoms with Crippen molar-refractivity contribution in [2.75, 3.05) is 18.1 Å². The van der Waals surface area contributed by atoms with Gasteiger partial charge in [-0.05, 0) is 18.8 Å². The predicted octanol–water partition coefficient (Wildman–Crippen LogP) is 0.550. The third-order valence-electron chi connectivity index (χ3n) is 3.64. The van der Waals surface area contributed by atoms with E-state index < -0.39 is 9.84 Å². The number of sulfone groups is 1. The molecule has 0 radical (unpaired) electrons. The molecular weight excluding hydrogens is 186 g/mol. The average Bonchev–Trinajstić information content (AvgIpc) is 2.51. The van der Waals surface area contributed by atoms with Gasteiger partial charge < -0.3 is 5.73 Å². The van der Waals surface area contributed by atoms with Crippen molar-refractivity contribution in [1.29, 1.82) is 0 Å². The molecule has 0 spiro atoms. The van der Waals surface area contributed by atoms with E-state index in [1.54, 1.807) is 0 Å². The summed E-state index contributed by atoms with van der Waals surface area (Å²) in [7, 11) is -2.72. The summed E-state index contributed by atoms with van der Waals surface area (Å²) in [6.07, 6.45) is 4.89. The van der Waals surface area contributed by atoms with Gasteiger partial charge in [0.1, 0.15) is 0 Å². The first-order chi connectivity index (χ1) is 6.08. The third kappa shape index (κ3) is 1.50. The van der Waals surface area contributed by atoms with Crippen LogP contribution in [0.1, 0.15) is 25.7 Å². The van der Waals surface area contributed by atoms with Crippen molar-refractivity contribution >= 4 is 9.84 Å². The fraction of sp³-hybridized carbons (Fsp3) is 1.00. The lowest BCUT2D eigenvalue weighted by atomic mass is 9.77. The molecule has 2 N–H and O–H groups in total. The van der Waals surface area contributed by atoms with Gasteiger partial charge in [-0.3, -0.25) is 0 Å². The van der Waals surface area contributed by atoms with E-state index in [1.807, 2.05) is 0 Å². The summed E-state index contributed by atoms with van der Waals surface area (Å²) in [5, 5.41) is 0. The topological polar surface area (TPSA) is 60.2 Å². The first-order valence-corrected chi connectivity index (χ1v) is 6.81. The van der Waals surface area contributed by atoms with Crippen LogP contribution in [0.3, 0.4) is 0 Å². The summed E-state index contributed by atoms with van der Waals surface area (Å²) in [6, 6.07) is 0. The molecule has 0 atom stereocenters. The standard InChI is InChI=1S/C9H17NO2S/c10-5-9(6-13(11,12)7-9)8-3-1-2-4-8/h8H,1-7,10H2. The minimum Gasteiger partial charge on any atom is -0.330 e. The van der Waals surface area contributed by atoms with Crippen LogP contribution in [0.15, 0.2) is 0 Å². The van der Waals surface area contributed by atoms with Gasteiger partial charge in [0.2, 0.25) is 0 Å². The van der Waals surface area contributed by atoms with Gasteiger partial charge >= 0.3 is 0 Å². The Labute approximate surface area is 79.6 Å². The number of nitrogens with two attached hydrogens (primary N) is 1. The lowest BCUT2D eigenvalue weighted by Gasteiger charge is -2.45. The van der Waals surface area contributed by atoms with Crippen molar-refractivity contribution in [1.82, 2.24) is 0 Å². The van der Waals surface area contributed by atoms with E-state index >= 15 is 0 Å². The molecule has 0 aromatic carbocycles. The number of hydrogen-bond donors (Lipinski definition) is 1. The highest BCUT2D eigenvalue weighted by molar-refractivity contribution is 7.92. The lowest BCUT2D eigenvalue weighted by Crippen LogP contribution is -2.56. The van der Waals surface area contributed by atoms with Crippen LogP contribution in [0, 0.1) is 11.3 Å². The summed E-state index contributed by atoms with van der Waals surface area (Å²) in [6.45, 7) is 0.552. The van der Waals surface area contributed by atoms with Crippen LogP contribution in [0.4, 0.5) is 0 Å². The molecule has 0 aromatic rings. The fourth-order valence-corrected chi connectivity index (χ4v) is 5.27. The Morgan fingerprint density at radius 3 is 2.15 bits per heavy atom. The molecule has 1 saturated heterocycles. The van der Waals surface area contributed by atoms with Crippen molar-refractivity contribution in [2.45, 2.75) is 25.7 Å². The second-order valence-corrected chi connectivity index (χ2v) is 6.64. The van der Waals surface area contributed by atoms with Gasteiger partial charge in [0.05, 0.1) is 11.5 Å². The average molecular weight is 203 g/mol.